The summed E-state index contributed by atoms with van der Waals surface area (Å²) in [6, 6.07) is 6.22. The Morgan fingerprint density at radius 2 is 1.68 bits per heavy atom. The molecule has 0 bridgehead atoms. The van der Waals surface area contributed by atoms with Crippen LogP contribution in [0, 0.1) is 11.8 Å². The van der Waals surface area contributed by atoms with E-state index >= 15 is 0 Å². The minimum absolute atomic E-state index is 0.251. The van der Waals surface area contributed by atoms with Crippen molar-refractivity contribution in [2.45, 2.75) is 13.3 Å². The third-order valence-electron chi connectivity index (χ3n) is 3.48. The van der Waals surface area contributed by atoms with Crippen LogP contribution >= 0.6 is 11.7 Å². The molecule has 0 atom stereocenters. The van der Waals surface area contributed by atoms with Crippen LogP contribution in [0.2, 0.25) is 0 Å². The number of hydrogen-bond acceptors (Lipinski definition) is 6. The molecule has 3 rings (SSSR count). The Morgan fingerprint density at radius 3 is 2.28 bits per heavy atom. The minimum atomic E-state index is -1.32. The van der Waals surface area contributed by atoms with Crippen LogP contribution in [0.5, 0.6) is 0 Å². The predicted molar refractivity (Wildman–Crippen MR) is 90.9 cm³/mol. The Labute approximate surface area is 146 Å². The summed E-state index contributed by atoms with van der Waals surface area (Å²) in [6.07, 6.45) is 0.823. The molecule has 0 saturated carbocycles. The lowest BCUT2D eigenvalue weighted by molar-refractivity contribution is 0.0685. The summed E-state index contributed by atoms with van der Waals surface area (Å²) in [5.41, 5.74) is 2.71. The maximum Gasteiger partial charge on any atom is 0.354 e. The number of carboxylic acids is 2. The number of pyridine rings is 1. The van der Waals surface area contributed by atoms with Gasteiger partial charge in [-0.2, -0.15) is 8.75 Å². The molecule has 0 spiro atoms. The SMILES string of the molecule is CCc1ccc(C#Cc2cc(C(=O)O)nc(C(=O)O)c2)c2nsnc12. The lowest BCUT2D eigenvalue weighted by Gasteiger charge is -2.00. The molecule has 124 valence electrons. The number of aryl methyl sites for hydroxylation is 1. The fourth-order valence-corrected chi connectivity index (χ4v) is 2.86. The van der Waals surface area contributed by atoms with Gasteiger partial charge in [-0.05, 0) is 30.2 Å². The van der Waals surface area contributed by atoms with Crippen molar-refractivity contribution in [1.82, 2.24) is 13.7 Å². The highest BCUT2D eigenvalue weighted by molar-refractivity contribution is 7.00. The molecule has 0 fully saturated rings. The molecule has 7 nitrogen and oxygen atoms in total. The van der Waals surface area contributed by atoms with Crippen molar-refractivity contribution in [3.63, 3.8) is 0 Å². The quantitative estimate of drug-likeness (QED) is 0.695. The number of carboxylic acid groups (broad SMARTS) is 2. The van der Waals surface area contributed by atoms with Gasteiger partial charge in [0, 0.05) is 5.56 Å². The molecular formula is C17H11N3O4S. The van der Waals surface area contributed by atoms with Crippen LogP contribution in [-0.2, 0) is 6.42 Å². The normalized spacial score (nSPS) is 10.3. The van der Waals surface area contributed by atoms with E-state index in [0.717, 1.165) is 29.2 Å². The molecular weight excluding hydrogens is 342 g/mol. The summed E-state index contributed by atoms with van der Waals surface area (Å²) in [7, 11) is 0. The van der Waals surface area contributed by atoms with E-state index < -0.39 is 11.9 Å². The average Bonchev–Trinajstić information content (AvgIpc) is 3.09. The summed E-state index contributed by atoms with van der Waals surface area (Å²) in [4.78, 5) is 25.7. The molecule has 0 unspecified atom stereocenters. The molecule has 0 aliphatic rings. The Bertz CT molecular complexity index is 1030. The second-order valence-electron chi connectivity index (χ2n) is 5.07. The van der Waals surface area contributed by atoms with E-state index in [1.54, 1.807) is 0 Å². The van der Waals surface area contributed by atoms with Gasteiger partial charge in [0.1, 0.15) is 22.4 Å². The summed E-state index contributed by atoms with van der Waals surface area (Å²) < 4.78 is 8.54. The second-order valence-corrected chi connectivity index (χ2v) is 5.60. The number of nitrogens with zero attached hydrogens (tertiary/aromatic N) is 3. The molecule has 0 aliphatic carbocycles. The van der Waals surface area contributed by atoms with Crippen molar-refractivity contribution >= 4 is 34.7 Å². The molecule has 8 heteroatoms. The van der Waals surface area contributed by atoms with Gasteiger partial charge in [0.2, 0.25) is 0 Å². The Hall–Kier alpha value is -3.31. The number of hydrogen-bond donors (Lipinski definition) is 2. The highest BCUT2D eigenvalue weighted by atomic mass is 32.1. The largest absolute Gasteiger partial charge is 0.477 e. The number of aromatic carboxylic acids is 2. The van der Waals surface area contributed by atoms with E-state index in [2.05, 4.69) is 25.6 Å². The van der Waals surface area contributed by atoms with Crippen molar-refractivity contribution in [1.29, 1.82) is 0 Å². The van der Waals surface area contributed by atoms with Crippen LogP contribution in [-0.4, -0.2) is 35.9 Å². The van der Waals surface area contributed by atoms with E-state index in [9.17, 15) is 9.59 Å². The van der Waals surface area contributed by atoms with E-state index in [4.69, 9.17) is 10.2 Å². The predicted octanol–water partition coefficient (Wildman–Crippen LogP) is 2.44. The third-order valence-corrected chi connectivity index (χ3v) is 4.01. The van der Waals surface area contributed by atoms with E-state index in [-0.39, 0.29) is 17.0 Å². The maximum atomic E-state index is 11.1. The first-order valence-electron chi connectivity index (χ1n) is 7.24. The molecule has 0 radical (unpaired) electrons. The standard InChI is InChI=1S/C17H11N3O4S/c1-2-10-5-6-11(15-14(10)19-25-20-15)4-3-9-7-12(16(21)22)18-13(8-9)17(23)24/h5-8H,2H2,1H3,(H,21,22)(H,23,24). The number of rotatable bonds is 3. The smallest absolute Gasteiger partial charge is 0.354 e. The number of aromatic nitrogens is 3. The highest BCUT2D eigenvalue weighted by Gasteiger charge is 2.13. The molecule has 2 aromatic heterocycles. The first-order chi connectivity index (χ1) is 12.0. The molecule has 0 amide bonds. The molecule has 2 N–H and O–H groups in total. The van der Waals surface area contributed by atoms with Crippen molar-refractivity contribution in [3.8, 4) is 11.8 Å². The number of fused-ring (bicyclic) bond motifs is 1. The van der Waals surface area contributed by atoms with E-state index in [0.29, 0.717) is 11.1 Å². The van der Waals surface area contributed by atoms with Gasteiger partial charge in [0.05, 0.1) is 17.3 Å². The van der Waals surface area contributed by atoms with Gasteiger partial charge in [-0.15, -0.1) is 0 Å². The van der Waals surface area contributed by atoms with Crippen LogP contribution in [0.15, 0.2) is 24.3 Å². The summed E-state index contributed by atoms with van der Waals surface area (Å²) in [6.45, 7) is 2.03. The van der Waals surface area contributed by atoms with E-state index in [1.807, 2.05) is 19.1 Å². The molecule has 2 heterocycles. The van der Waals surface area contributed by atoms with Crippen molar-refractivity contribution < 1.29 is 19.8 Å². The summed E-state index contributed by atoms with van der Waals surface area (Å²) in [5.74, 6) is 3.07. The van der Waals surface area contributed by atoms with Crippen LogP contribution in [0.4, 0.5) is 0 Å². The first kappa shape index (κ1) is 16.5. The van der Waals surface area contributed by atoms with E-state index in [1.165, 1.54) is 12.1 Å². The van der Waals surface area contributed by atoms with Crippen LogP contribution in [0.25, 0.3) is 11.0 Å². The zero-order valence-electron chi connectivity index (χ0n) is 13.0. The van der Waals surface area contributed by atoms with Crippen molar-refractivity contribution in [3.05, 3.63) is 52.3 Å². The molecule has 0 saturated heterocycles. The maximum absolute atomic E-state index is 11.1. The van der Waals surface area contributed by atoms with Gasteiger partial charge < -0.3 is 10.2 Å². The Morgan fingerprint density at radius 1 is 1.04 bits per heavy atom. The topological polar surface area (TPSA) is 113 Å². The van der Waals surface area contributed by atoms with Crippen molar-refractivity contribution in [2.75, 3.05) is 0 Å². The van der Waals surface area contributed by atoms with Gasteiger partial charge >= 0.3 is 11.9 Å². The second kappa shape index (κ2) is 6.67. The van der Waals surface area contributed by atoms with Crippen molar-refractivity contribution in [2.24, 2.45) is 0 Å². The van der Waals surface area contributed by atoms with Gasteiger partial charge in [-0.25, -0.2) is 14.6 Å². The minimum Gasteiger partial charge on any atom is -0.477 e. The van der Waals surface area contributed by atoms with Crippen LogP contribution < -0.4 is 0 Å². The zero-order chi connectivity index (χ0) is 18.0. The molecule has 1 aromatic carbocycles. The summed E-state index contributed by atoms with van der Waals surface area (Å²) >= 11 is 1.10. The fourth-order valence-electron chi connectivity index (χ4n) is 2.27. The van der Waals surface area contributed by atoms with Gasteiger partial charge in [-0.1, -0.05) is 24.8 Å². The Kier molecular flexibility index (Phi) is 4.41. The van der Waals surface area contributed by atoms with Gasteiger partial charge in [0.25, 0.3) is 0 Å². The van der Waals surface area contributed by atoms with Crippen LogP contribution in [0.1, 0.15) is 44.6 Å². The lowest BCUT2D eigenvalue weighted by Crippen LogP contribution is -2.08. The monoisotopic (exact) mass is 353 g/mol. The molecule has 0 aliphatic heterocycles. The molecule has 3 aromatic rings. The van der Waals surface area contributed by atoms with Gasteiger partial charge in [0.15, 0.2) is 0 Å². The fraction of sp³-hybridized carbons (Fsp3) is 0.118. The number of carbonyl (C=O) groups is 2. The first-order valence-corrected chi connectivity index (χ1v) is 7.97. The number of benzene rings is 1. The summed E-state index contributed by atoms with van der Waals surface area (Å²) in [5, 5.41) is 18.1. The zero-order valence-corrected chi connectivity index (χ0v) is 13.8. The van der Waals surface area contributed by atoms with Gasteiger partial charge in [-0.3, -0.25) is 0 Å². The lowest BCUT2D eigenvalue weighted by atomic mass is 10.1. The van der Waals surface area contributed by atoms with Crippen LogP contribution in [0.3, 0.4) is 0 Å². The Balaban J connectivity index is 2.09. The molecule has 25 heavy (non-hydrogen) atoms. The average molecular weight is 353 g/mol. The highest BCUT2D eigenvalue weighted by Crippen LogP contribution is 2.21. The third kappa shape index (κ3) is 3.32.